The van der Waals surface area contributed by atoms with Crippen molar-refractivity contribution < 1.29 is 4.52 Å². The summed E-state index contributed by atoms with van der Waals surface area (Å²) in [4.78, 5) is 0. The highest BCUT2D eigenvalue weighted by molar-refractivity contribution is 7.68. The molecule has 1 aliphatic rings. The van der Waals surface area contributed by atoms with Gasteiger partial charge in [0, 0.05) is 10.6 Å². The summed E-state index contributed by atoms with van der Waals surface area (Å²) < 4.78 is 6.38. The minimum absolute atomic E-state index is 0.583. The lowest BCUT2D eigenvalue weighted by Crippen LogP contribution is -2.17. The molecule has 0 bridgehead atoms. The molecular weight excluding hydrogens is 323 g/mol. The van der Waals surface area contributed by atoms with Crippen LogP contribution >= 0.6 is 8.15 Å². The van der Waals surface area contributed by atoms with Gasteiger partial charge in [-0.2, -0.15) is 0 Å². The molecule has 0 radical (unpaired) electrons. The topological polar surface area (TPSA) is 9.23 Å². The van der Waals surface area contributed by atoms with E-state index in [4.69, 9.17) is 4.52 Å². The Labute approximate surface area is 153 Å². The van der Waals surface area contributed by atoms with E-state index >= 15 is 0 Å². The van der Waals surface area contributed by atoms with E-state index in [-0.39, 0.29) is 0 Å². The van der Waals surface area contributed by atoms with Crippen molar-refractivity contribution in [3.8, 4) is 0 Å². The average Bonchev–Trinajstić information content (AvgIpc) is 2.64. The highest BCUT2D eigenvalue weighted by atomic mass is 31.1. The van der Waals surface area contributed by atoms with E-state index in [1.165, 1.54) is 21.8 Å². The standard InChI is InChI=1S/C23H27OP/c1-18-16-21(17-19(2)20(18)3)14-15-24-25(22-10-6-4-7-11-22)23-12-8-5-9-13-23/h4-14,18-19H,3,15-17H2,1-2H3/t18-,19-/m1/s1. The fraction of sp³-hybridized carbons (Fsp3) is 0.304. The first kappa shape index (κ1) is 18.1. The van der Waals surface area contributed by atoms with E-state index in [1.807, 2.05) is 0 Å². The first-order valence-electron chi connectivity index (χ1n) is 9.05. The lowest BCUT2D eigenvalue weighted by atomic mass is 9.77. The monoisotopic (exact) mass is 350 g/mol. The SMILES string of the molecule is C=C1[C@H](C)CC(=CCOP(c2ccccc2)c2ccccc2)C[C@H]1C. The zero-order chi connectivity index (χ0) is 17.6. The maximum absolute atomic E-state index is 6.38. The first-order valence-corrected chi connectivity index (χ1v) is 10.3. The second-order valence-corrected chi connectivity index (χ2v) is 8.79. The Bertz CT molecular complexity index is 665. The summed E-state index contributed by atoms with van der Waals surface area (Å²) in [7, 11) is -0.771. The van der Waals surface area contributed by atoms with E-state index < -0.39 is 8.15 Å². The molecule has 1 fully saturated rings. The molecule has 2 aromatic rings. The molecule has 2 aromatic carbocycles. The second kappa shape index (κ2) is 8.61. The molecule has 0 heterocycles. The molecule has 1 saturated carbocycles. The maximum atomic E-state index is 6.38. The van der Waals surface area contributed by atoms with Crippen molar-refractivity contribution in [1.29, 1.82) is 0 Å². The highest BCUT2D eigenvalue weighted by Crippen LogP contribution is 2.37. The number of hydrogen-bond donors (Lipinski definition) is 0. The van der Waals surface area contributed by atoms with Crippen LogP contribution < -0.4 is 10.6 Å². The van der Waals surface area contributed by atoms with Crippen molar-refractivity contribution in [2.24, 2.45) is 11.8 Å². The Morgan fingerprint density at radius 3 is 1.88 bits per heavy atom. The molecule has 0 amide bonds. The summed E-state index contributed by atoms with van der Waals surface area (Å²) in [5, 5.41) is 2.53. The van der Waals surface area contributed by atoms with Gasteiger partial charge in [0.1, 0.15) is 0 Å². The van der Waals surface area contributed by atoms with E-state index in [0.29, 0.717) is 18.4 Å². The van der Waals surface area contributed by atoms with Crippen LogP contribution in [0.3, 0.4) is 0 Å². The van der Waals surface area contributed by atoms with Crippen LogP contribution in [0.2, 0.25) is 0 Å². The Morgan fingerprint density at radius 1 is 0.920 bits per heavy atom. The van der Waals surface area contributed by atoms with Crippen LogP contribution in [0.1, 0.15) is 26.7 Å². The molecule has 0 N–H and O–H groups in total. The lowest BCUT2D eigenvalue weighted by molar-refractivity contribution is 0.406. The van der Waals surface area contributed by atoms with Crippen molar-refractivity contribution in [2.45, 2.75) is 26.7 Å². The van der Waals surface area contributed by atoms with Gasteiger partial charge in [-0.05, 0) is 24.7 Å². The van der Waals surface area contributed by atoms with Gasteiger partial charge in [-0.15, -0.1) is 0 Å². The molecule has 2 atom stereocenters. The third kappa shape index (κ3) is 4.69. The molecule has 0 spiro atoms. The Balaban J connectivity index is 1.72. The first-order chi connectivity index (χ1) is 12.1. The summed E-state index contributed by atoms with van der Waals surface area (Å²) in [6.07, 6.45) is 4.56. The lowest BCUT2D eigenvalue weighted by Gasteiger charge is -2.29. The van der Waals surface area contributed by atoms with Gasteiger partial charge < -0.3 is 4.52 Å². The molecule has 130 valence electrons. The van der Waals surface area contributed by atoms with Gasteiger partial charge in [0.05, 0.1) is 14.8 Å². The van der Waals surface area contributed by atoms with Gasteiger partial charge in [-0.1, -0.05) is 98.3 Å². The van der Waals surface area contributed by atoms with Crippen molar-refractivity contribution in [3.05, 3.63) is 84.5 Å². The molecule has 0 unspecified atom stereocenters. The third-order valence-corrected chi connectivity index (χ3v) is 6.90. The van der Waals surface area contributed by atoms with Crippen molar-refractivity contribution in [3.63, 3.8) is 0 Å². The van der Waals surface area contributed by atoms with Crippen molar-refractivity contribution in [2.75, 3.05) is 6.61 Å². The van der Waals surface area contributed by atoms with Gasteiger partial charge in [-0.25, -0.2) is 0 Å². The molecule has 2 heteroatoms. The largest absolute Gasteiger partial charge is 0.346 e. The van der Waals surface area contributed by atoms with Gasteiger partial charge in [0.2, 0.25) is 0 Å². The molecule has 3 rings (SSSR count). The van der Waals surface area contributed by atoms with Crippen LogP contribution in [-0.4, -0.2) is 6.61 Å². The van der Waals surface area contributed by atoms with Crippen LogP contribution in [0.4, 0.5) is 0 Å². The number of hydrogen-bond acceptors (Lipinski definition) is 1. The number of rotatable bonds is 5. The zero-order valence-electron chi connectivity index (χ0n) is 15.2. The molecule has 1 aliphatic carbocycles. The molecule has 1 nitrogen and oxygen atoms in total. The normalized spacial score (nSPS) is 20.8. The zero-order valence-corrected chi connectivity index (χ0v) is 16.1. The highest BCUT2D eigenvalue weighted by Gasteiger charge is 2.22. The summed E-state index contributed by atoms with van der Waals surface area (Å²) in [6.45, 7) is 9.49. The summed E-state index contributed by atoms with van der Waals surface area (Å²) >= 11 is 0. The fourth-order valence-corrected chi connectivity index (χ4v) is 5.14. The summed E-state index contributed by atoms with van der Waals surface area (Å²) in [6, 6.07) is 21.1. The fourth-order valence-electron chi connectivity index (χ4n) is 3.44. The smallest absolute Gasteiger partial charge is 0.0922 e. The van der Waals surface area contributed by atoms with Crippen molar-refractivity contribution in [1.82, 2.24) is 0 Å². The van der Waals surface area contributed by atoms with Crippen LogP contribution in [0.15, 0.2) is 84.5 Å². The molecule has 0 saturated heterocycles. The molecule has 0 aliphatic heterocycles. The quantitative estimate of drug-likeness (QED) is 0.504. The van der Waals surface area contributed by atoms with Crippen molar-refractivity contribution >= 4 is 18.8 Å². The van der Waals surface area contributed by atoms with Gasteiger partial charge in [0.25, 0.3) is 0 Å². The minimum Gasteiger partial charge on any atom is -0.346 e. The van der Waals surface area contributed by atoms with Crippen LogP contribution in [0.5, 0.6) is 0 Å². The number of benzene rings is 2. The van der Waals surface area contributed by atoms with Gasteiger partial charge >= 0.3 is 0 Å². The summed E-state index contributed by atoms with van der Waals surface area (Å²) in [5.41, 5.74) is 2.91. The summed E-state index contributed by atoms with van der Waals surface area (Å²) in [5.74, 6) is 1.17. The van der Waals surface area contributed by atoms with E-state index in [0.717, 1.165) is 12.8 Å². The number of allylic oxidation sites excluding steroid dienone is 2. The maximum Gasteiger partial charge on any atom is 0.0922 e. The Kier molecular flexibility index (Phi) is 6.24. The molecule has 0 aromatic heterocycles. The minimum atomic E-state index is -0.771. The van der Waals surface area contributed by atoms with Crippen LogP contribution in [-0.2, 0) is 4.52 Å². The molecular formula is C23H27OP. The Morgan fingerprint density at radius 2 is 1.40 bits per heavy atom. The Hall–Kier alpha value is -1.69. The second-order valence-electron chi connectivity index (χ2n) is 6.91. The van der Waals surface area contributed by atoms with E-state index in [1.54, 1.807) is 0 Å². The van der Waals surface area contributed by atoms with Crippen LogP contribution in [0, 0.1) is 11.8 Å². The average molecular weight is 350 g/mol. The molecule has 25 heavy (non-hydrogen) atoms. The van der Waals surface area contributed by atoms with Gasteiger partial charge in [-0.3, -0.25) is 0 Å². The van der Waals surface area contributed by atoms with E-state index in [2.05, 4.69) is 87.2 Å². The van der Waals surface area contributed by atoms with Crippen LogP contribution in [0.25, 0.3) is 0 Å². The predicted molar refractivity (Wildman–Crippen MR) is 110 cm³/mol. The predicted octanol–water partition coefficient (Wildman–Crippen LogP) is 5.60. The van der Waals surface area contributed by atoms with E-state index in [9.17, 15) is 0 Å². The van der Waals surface area contributed by atoms with Gasteiger partial charge in [0.15, 0.2) is 0 Å². The third-order valence-electron chi connectivity index (χ3n) is 4.96.